The molecule has 6 heteroatoms. The monoisotopic (exact) mass is 226 g/mol. The van der Waals surface area contributed by atoms with E-state index in [4.69, 9.17) is 0 Å². The standard InChI is InChI=1S/C11H10N6/c1-3-12-4-2-8(1)5-13-10-9-11(15-6-14-9)17-7-16-10/h1-4,6-7H,5H2,(H2,13,14,15,16,17). The second kappa shape index (κ2) is 4.17. The van der Waals surface area contributed by atoms with Crippen molar-refractivity contribution in [2.24, 2.45) is 0 Å². The number of H-pyrrole nitrogens is 1. The maximum absolute atomic E-state index is 4.19. The summed E-state index contributed by atoms with van der Waals surface area (Å²) in [7, 11) is 0. The zero-order valence-corrected chi connectivity index (χ0v) is 8.96. The van der Waals surface area contributed by atoms with Crippen LogP contribution in [-0.4, -0.2) is 24.9 Å². The molecule has 0 aliphatic carbocycles. The fourth-order valence-electron chi connectivity index (χ4n) is 1.59. The van der Waals surface area contributed by atoms with E-state index in [1.807, 2.05) is 12.1 Å². The Kier molecular flexibility index (Phi) is 2.38. The van der Waals surface area contributed by atoms with E-state index in [-0.39, 0.29) is 0 Å². The number of hydrogen-bond donors (Lipinski definition) is 2. The van der Waals surface area contributed by atoms with Gasteiger partial charge in [0.2, 0.25) is 0 Å². The van der Waals surface area contributed by atoms with Gasteiger partial charge in [-0.3, -0.25) is 4.98 Å². The maximum Gasteiger partial charge on any atom is 0.182 e. The zero-order valence-electron chi connectivity index (χ0n) is 8.96. The molecule has 0 atom stereocenters. The molecule has 3 rings (SSSR count). The van der Waals surface area contributed by atoms with Crippen molar-refractivity contribution in [3.05, 3.63) is 42.7 Å². The van der Waals surface area contributed by atoms with Crippen molar-refractivity contribution >= 4 is 17.0 Å². The third-order valence-electron chi connectivity index (χ3n) is 2.43. The molecule has 3 aromatic heterocycles. The van der Waals surface area contributed by atoms with Crippen LogP contribution in [0.15, 0.2) is 37.2 Å². The summed E-state index contributed by atoms with van der Waals surface area (Å²) in [5, 5.41) is 3.24. The highest BCUT2D eigenvalue weighted by Crippen LogP contribution is 2.15. The molecule has 6 nitrogen and oxygen atoms in total. The highest BCUT2D eigenvalue weighted by Gasteiger charge is 2.04. The zero-order chi connectivity index (χ0) is 11.5. The van der Waals surface area contributed by atoms with Crippen molar-refractivity contribution < 1.29 is 0 Å². The average Bonchev–Trinajstić information content (AvgIpc) is 2.86. The topological polar surface area (TPSA) is 79.4 Å². The second-order valence-electron chi connectivity index (χ2n) is 3.53. The van der Waals surface area contributed by atoms with Gasteiger partial charge in [-0.2, -0.15) is 0 Å². The maximum atomic E-state index is 4.19. The molecule has 2 N–H and O–H groups in total. The minimum absolute atomic E-state index is 0.664. The largest absolute Gasteiger partial charge is 0.364 e. The fraction of sp³-hybridized carbons (Fsp3) is 0.0909. The molecule has 0 bridgehead atoms. The van der Waals surface area contributed by atoms with E-state index in [0.717, 1.165) is 16.9 Å². The molecule has 0 fully saturated rings. The molecular weight excluding hydrogens is 216 g/mol. The van der Waals surface area contributed by atoms with Gasteiger partial charge in [0.25, 0.3) is 0 Å². The molecule has 0 amide bonds. The van der Waals surface area contributed by atoms with Gasteiger partial charge >= 0.3 is 0 Å². The number of hydrogen-bond acceptors (Lipinski definition) is 5. The van der Waals surface area contributed by atoms with Gasteiger partial charge in [0, 0.05) is 18.9 Å². The Balaban J connectivity index is 1.84. The Morgan fingerprint density at radius 3 is 2.88 bits per heavy atom. The van der Waals surface area contributed by atoms with Gasteiger partial charge in [0.15, 0.2) is 11.5 Å². The van der Waals surface area contributed by atoms with Crippen LogP contribution >= 0.6 is 0 Å². The molecule has 0 unspecified atom stereocenters. The van der Waals surface area contributed by atoms with Crippen molar-refractivity contribution in [1.82, 2.24) is 24.9 Å². The summed E-state index contributed by atoms with van der Waals surface area (Å²) < 4.78 is 0. The van der Waals surface area contributed by atoms with E-state index in [1.165, 1.54) is 6.33 Å². The third-order valence-corrected chi connectivity index (χ3v) is 2.43. The molecule has 84 valence electrons. The van der Waals surface area contributed by atoms with E-state index in [2.05, 4.69) is 30.2 Å². The number of aromatic amines is 1. The van der Waals surface area contributed by atoms with Crippen molar-refractivity contribution in [1.29, 1.82) is 0 Å². The summed E-state index contributed by atoms with van der Waals surface area (Å²) in [6.07, 6.45) is 6.64. The summed E-state index contributed by atoms with van der Waals surface area (Å²) in [6.45, 7) is 0.688. The minimum Gasteiger partial charge on any atom is -0.364 e. The molecule has 0 saturated heterocycles. The van der Waals surface area contributed by atoms with Crippen LogP contribution < -0.4 is 5.32 Å². The lowest BCUT2D eigenvalue weighted by molar-refractivity contribution is 1.09. The summed E-state index contributed by atoms with van der Waals surface area (Å²) in [5.74, 6) is 0.754. The first kappa shape index (κ1) is 9.71. The van der Waals surface area contributed by atoms with Crippen LogP contribution in [0, 0.1) is 0 Å². The lowest BCUT2D eigenvalue weighted by Crippen LogP contribution is -2.02. The van der Waals surface area contributed by atoms with E-state index < -0.39 is 0 Å². The number of imidazole rings is 1. The summed E-state index contributed by atoms with van der Waals surface area (Å²) in [5.41, 5.74) is 2.63. The molecule has 0 aliphatic heterocycles. The second-order valence-corrected chi connectivity index (χ2v) is 3.53. The van der Waals surface area contributed by atoms with Gasteiger partial charge in [0.1, 0.15) is 11.8 Å². The van der Waals surface area contributed by atoms with Gasteiger partial charge < -0.3 is 10.3 Å². The molecule has 3 heterocycles. The fourth-order valence-corrected chi connectivity index (χ4v) is 1.59. The van der Waals surface area contributed by atoms with E-state index >= 15 is 0 Å². The molecule has 0 saturated carbocycles. The number of fused-ring (bicyclic) bond motifs is 1. The van der Waals surface area contributed by atoms with Crippen molar-refractivity contribution in [2.45, 2.75) is 6.54 Å². The minimum atomic E-state index is 0.664. The Morgan fingerprint density at radius 2 is 2.00 bits per heavy atom. The normalized spacial score (nSPS) is 10.6. The summed E-state index contributed by atoms with van der Waals surface area (Å²) >= 11 is 0. The lowest BCUT2D eigenvalue weighted by atomic mass is 10.3. The van der Waals surface area contributed by atoms with E-state index in [9.17, 15) is 0 Å². The lowest BCUT2D eigenvalue weighted by Gasteiger charge is -2.05. The molecule has 0 aliphatic rings. The van der Waals surface area contributed by atoms with Crippen LogP contribution in [-0.2, 0) is 6.54 Å². The summed E-state index contributed by atoms with van der Waals surface area (Å²) in [4.78, 5) is 19.3. The number of nitrogens with zero attached hydrogens (tertiary/aromatic N) is 4. The first-order valence-electron chi connectivity index (χ1n) is 5.20. The van der Waals surface area contributed by atoms with Gasteiger partial charge in [0.05, 0.1) is 6.33 Å². The molecule has 0 radical (unpaired) electrons. The average molecular weight is 226 g/mol. The van der Waals surface area contributed by atoms with Crippen molar-refractivity contribution in [3.8, 4) is 0 Å². The number of pyridine rings is 1. The van der Waals surface area contributed by atoms with Gasteiger partial charge in [-0.25, -0.2) is 15.0 Å². The van der Waals surface area contributed by atoms with Crippen LogP contribution in [0.4, 0.5) is 5.82 Å². The molecule has 3 aromatic rings. The Labute approximate surface area is 97.2 Å². The van der Waals surface area contributed by atoms with E-state index in [0.29, 0.717) is 12.2 Å². The first-order chi connectivity index (χ1) is 8.43. The van der Waals surface area contributed by atoms with Gasteiger partial charge in [-0.1, -0.05) is 0 Å². The van der Waals surface area contributed by atoms with Crippen LogP contribution in [0.25, 0.3) is 11.2 Å². The molecule has 17 heavy (non-hydrogen) atoms. The van der Waals surface area contributed by atoms with Crippen LogP contribution in [0.2, 0.25) is 0 Å². The number of rotatable bonds is 3. The Morgan fingerprint density at radius 1 is 1.12 bits per heavy atom. The Hall–Kier alpha value is -2.50. The predicted octanol–water partition coefficient (Wildman–Crippen LogP) is 1.36. The molecule has 0 aromatic carbocycles. The van der Waals surface area contributed by atoms with Crippen molar-refractivity contribution in [3.63, 3.8) is 0 Å². The van der Waals surface area contributed by atoms with Crippen LogP contribution in [0.5, 0.6) is 0 Å². The summed E-state index contributed by atoms with van der Waals surface area (Å²) in [6, 6.07) is 3.91. The molecule has 0 spiro atoms. The number of nitrogens with one attached hydrogen (secondary N) is 2. The highest BCUT2D eigenvalue weighted by atomic mass is 15.1. The SMILES string of the molecule is c1cc(CNc2ncnc3nc[nH]c23)ccn1. The van der Waals surface area contributed by atoms with Crippen molar-refractivity contribution in [2.75, 3.05) is 5.32 Å². The molecular formula is C11H10N6. The van der Waals surface area contributed by atoms with Gasteiger partial charge in [-0.15, -0.1) is 0 Å². The Bertz CT molecular complexity index is 618. The number of aromatic nitrogens is 5. The van der Waals surface area contributed by atoms with Crippen LogP contribution in [0.1, 0.15) is 5.56 Å². The number of anilines is 1. The van der Waals surface area contributed by atoms with Gasteiger partial charge in [-0.05, 0) is 17.7 Å². The van der Waals surface area contributed by atoms with E-state index in [1.54, 1.807) is 18.7 Å². The van der Waals surface area contributed by atoms with Crippen LogP contribution in [0.3, 0.4) is 0 Å². The highest BCUT2D eigenvalue weighted by molar-refractivity contribution is 5.81. The quantitative estimate of drug-likeness (QED) is 0.705. The smallest absolute Gasteiger partial charge is 0.182 e. The first-order valence-corrected chi connectivity index (χ1v) is 5.20. The third kappa shape index (κ3) is 1.92. The predicted molar refractivity (Wildman–Crippen MR) is 63.2 cm³/mol.